The number of aliphatic hydroxyl groups excluding tert-OH is 2. The van der Waals surface area contributed by atoms with Crippen LogP contribution in [0, 0.1) is 29.6 Å². The number of aliphatic hydroxyl groups is 2. The van der Waals surface area contributed by atoms with Gasteiger partial charge < -0.3 is 10.2 Å². The Bertz CT molecular complexity index is 448. The highest BCUT2D eigenvalue weighted by Gasteiger charge is 2.48. The zero-order valence-corrected chi connectivity index (χ0v) is 15.2. The number of hydrogen-bond acceptors (Lipinski definition) is 3. The van der Waals surface area contributed by atoms with E-state index in [4.69, 9.17) is 0 Å². The van der Waals surface area contributed by atoms with Crippen LogP contribution in [-0.4, -0.2) is 28.2 Å². The molecule has 0 saturated heterocycles. The molecule has 0 unspecified atom stereocenters. The fourth-order valence-corrected chi connectivity index (χ4v) is 4.11. The quantitative estimate of drug-likeness (QED) is 0.497. The average Bonchev–Trinajstić information content (AvgIpc) is 2.56. The van der Waals surface area contributed by atoms with Crippen LogP contribution in [0.2, 0.25) is 0 Å². The van der Waals surface area contributed by atoms with Crippen LogP contribution in [-0.2, 0) is 4.79 Å². The molecule has 5 atom stereocenters. The zero-order chi connectivity index (χ0) is 17.4. The number of carbonyl (C=O) groups is 1. The van der Waals surface area contributed by atoms with Crippen LogP contribution in [0.1, 0.15) is 84.0 Å². The van der Waals surface area contributed by atoms with Gasteiger partial charge in [0.2, 0.25) is 0 Å². The van der Waals surface area contributed by atoms with E-state index in [2.05, 4.69) is 18.8 Å². The first-order valence-corrected chi connectivity index (χ1v) is 10.0. The molecular weight excluding hydrogens is 300 g/mol. The Kier molecular flexibility index (Phi) is 8.29. The van der Waals surface area contributed by atoms with E-state index in [9.17, 15) is 15.0 Å². The summed E-state index contributed by atoms with van der Waals surface area (Å²) < 4.78 is 0. The van der Waals surface area contributed by atoms with Crippen molar-refractivity contribution in [3.8, 4) is 11.8 Å². The third-order valence-electron chi connectivity index (χ3n) is 5.76. The third kappa shape index (κ3) is 5.60. The van der Waals surface area contributed by atoms with E-state index < -0.39 is 12.2 Å². The Morgan fingerprint density at radius 1 is 1.08 bits per heavy atom. The van der Waals surface area contributed by atoms with Gasteiger partial charge in [0.1, 0.15) is 11.9 Å². The molecule has 0 radical (unpaired) electrons. The molecular formula is C21H34O3. The van der Waals surface area contributed by atoms with E-state index in [0.29, 0.717) is 18.6 Å². The van der Waals surface area contributed by atoms with E-state index in [0.717, 1.165) is 25.7 Å². The zero-order valence-electron chi connectivity index (χ0n) is 15.2. The molecule has 0 spiro atoms. The third-order valence-corrected chi connectivity index (χ3v) is 5.76. The van der Waals surface area contributed by atoms with Crippen molar-refractivity contribution in [2.75, 3.05) is 0 Å². The lowest BCUT2D eigenvalue weighted by atomic mass is 9.59. The number of Topliss-reactive ketones (excluding diaryl/α,β-unsaturated/α-hetero) is 1. The van der Waals surface area contributed by atoms with Gasteiger partial charge in [0.05, 0.1) is 12.0 Å². The molecule has 0 bridgehead atoms. The molecule has 0 amide bonds. The minimum atomic E-state index is -0.589. The summed E-state index contributed by atoms with van der Waals surface area (Å²) in [5, 5.41) is 20.2. The Morgan fingerprint density at radius 2 is 1.75 bits per heavy atom. The fraction of sp³-hybridized carbons (Fsp3) is 0.857. The number of unbranched alkanes of at least 4 members (excludes halogenated alkanes) is 7. The molecule has 2 rings (SSSR count). The Balaban J connectivity index is 1.61. The maximum Gasteiger partial charge on any atom is 0.136 e. The monoisotopic (exact) mass is 334 g/mol. The summed E-state index contributed by atoms with van der Waals surface area (Å²) in [5.41, 5.74) is 0. The van der Waals surface area contributed by atoms with Crippen molar-refractivity contribution in [1.82, 2.24) is 0 Å². The molecule has 24 heavy (non-hydrogen) atoms. The largest absolute Gasteiger partial charge is 0.392 e. The number of ketones is 1. The van der Waals surface area contributed by atoms with Crippen LogP contribution in [0.3, 0.4) is 0 Å². The van der Waals surface area contributed by atoms with Crippen LogP contribution in [0.4, 0.5) is 0 Å². The molecule has 0 aromatic carbocycles. The topological polar surface area (TPSA) is 57.5 Å². The van der Waals surface area contributed by atoms with Gasteiger partial charge in [-0.1, -0.05) is 63.7 Å². The highest BCUT2D eigenvalue weighted by atomic mass is 16.3. The predicted molar refractivity (Wildman–Crippen MR) is 96.3 cm³/mol. The molecule has 2 saturated carbocycles. The van der Waals surface area contributed by atoms with E-state index in [1.807, 2.05) is 0 Å². The second-order valence-corrected chi connectivity index (χ2v) is 7.68. The van der Waals surface area contributed by atoms with Gasteiger partial charge in [0.25, 0.3) is 0 Å². The molecule has 0 aromatic heterocycles. The minimum Gasteiger partial charge on any atom is -0.392 e. The molecule has 0 aliphatic heterocycles. The predicted octanol–water partition coefficient (Wildman–Crippen LogP) is 3.86. The fourth-order valence-electron chi connectivity index (χ4n) is 4.11. The molecule has 0 aromatic rings. The van der Waals surface area contributed by atoms with E-state index in [1.165, 1.54) is 38.5 Å². The summed E-state index contributed by atoms with van der Waals surface area (Å²) in [4.78, 5) is 11.6. The first-order chi connectivity index (χ1) is 11.6. The van der Waals surface area contributed by atoms with Crippen LogP contribution >= 0.6 is 0 Å². The van der Waals surface area contributed by atoms with Gasteiger partial charge in [-0.3, -0.25) is 4.79 Å². The maximum atomic E-state index is 11.6. The SMILES string of the molecule is CCCCCCCCCC[C@@H](O)C#C[C@@H]1[C@H]2CC(=O)[C@H]2CC[C@@H]1O. The number of fused-ring (bicyclic) bond motifs is 1. The van der Waals surface area contributed by atoms with E-state index in [1.54, 1.807) is 0 Å². The van der Waals surface area contributed by atoms with E-state index >= 15 is 0 Å². The second kappa shape index (κ2) is 10.2. The van der Waals surface area contributed by atoms with Crippen molar-refractivity contribution < 1.29 is 15.0 Å². The van der Waals surface area contributed by atoms with Crippen molar-refractivity contribution in [2.45, 2.75) is 96.2 Å². The van der Waals surface area contributed by atoms with Crippen molar-refractivity contribution in [3.63, 3.8) is 0 Å². The van der Waals surface area contributed by atoms with Gasteiger partial charge in [0.15, 0.2) is 0 Å². The normalized spacial score (nSPS) is 30.0. The maximum absolute atomic E-state index is 11.6. The number of rotatable bonds is 9. The summed E-state index contributed by atoms with van der Waals surface area (Å²) >= 11 is 0. The standard InChI is InChI=1S/C21H34O3/c1-2-3-4-5-6-7-8-9-10-16(22)11-12-17-19-15-21(24)18(19)13-14-20(17)23/h16-20,22-23H,2-10,13-15H2,1H3/t16-,17-,18+,19-,20+/m1/s1. The molecule has 136 valence electrons. The molecule has 3 nitrogen and oxygen atoms in total. The number of hydrogen-bond donors (Lipinski definition) is 2. The van der Waals surface area contributed by atoms with Gasteiger partial charge in [-0.2, -0.15) is 0 Å². The van der Waals surface area contributed by atoms with E-state index in [-0.39, 0.29) is 17.8 Å². The molecule has 2 fully saturated rings. The van der Waals surface area contributed by atoms with Gasteiger partial charge in [0, 0.05) is 12.3 Å². The van der Waals surface area contributed by atoms with Gasteiger partial charge in [-0.05, 0) is 31.6 Å². The highest BCUT2D eigenvalue weighted by Crippen LogP contribution is 2.45. The highest BCUT2D eigenvalue weighted by molar-refractivity contribution is 5.87. The molecule has 2 aliphatic rings. The Labute approximate surface area is 147 Å². The van der Waals surface area contributed by atoms with Gasteiger partial charge in [-0.15, -0.1) is 0 Å². The Morgan fingerprint density at radius 3 is 2.42 bits per heavy atom. The van der Waals surface area contributed by atoms with Crippen molar-refractivity contribution in [3.05, 3.63) is 0 Å². The smallest absolute Gasteiger partial charge is 0.136 e. The average molecular weight is 335 g/mol. The second-order valence-electron chi connectivity index (χ2n) is 7.68. The molecule has 0 heterocycles. The lowest BCUT2D eigenvalue weighted by Gasteiger charge is -2.44. The first kappa shape index (κ1) is 19.5. The minimum absolute atomic E-state index is 0.116. The summed E-state index contributed by atoms with van der Waals surface area (Å²) in [7, 11) is 0. The van der Waals surface area contributed by atoms with Crippen molar-refractivity contribution in [1.29, 1.82) is 0 Å². The molecule has 3 heteroatoms. The van der Waals surface area contributed by atoms with Crippen LogP contribution in [0.15, 0.2) is 0 Å². The number of carbonyl (C=O) groups excluding carboxylic acids is 1. The molecule has 2 N–H and O–H groups in total. The van der Waals surface area contributed by atoms with Crippen molar-refractivity contribution >= 4 is 5.78 Å². The van der Waals surface area contributed by atoms with Crippen molar-refractivity contribution in [2.24, 2.45) is 17.8 Å². The van der Waals surface area contributed by atoms with Crippen LogP contribution in [0.5, 0.6) is 0 Å². The van der Waals surface area contributed by atoms with Gasteiger partial charge in [-0.25, -0.2) is 0 Å². The summed E-state index contributed by atoms with van der Waals surface area (Å²) in [5.74, 6) is 6.60. The lowest BCUT2D eigenvalue weighted by molar-refractivity contribution is -0.141. The first-order valence-electron chi connectivity index (χ1n) is 10.0. The summed E-state index contributed by atoms with van der Waals surface area (Å²) in [6.07, 6.45) is 11.8. The lowest BCUT2D eigenvalue weighted by Crippen LogP contribution is -2.49. The molecule has 2 aliphatic carbocycles. The summed E-state index contributed by atoms with van der Waals surface area (Å²) in [6.45, 7) is 2.23. The Hall–Kier alpha value is -0.850. The van der Waals surface area contributed by atoms with Crippen LogP contribution < -0.4 is 0 Å². The summed E-state index contributed by atoms with van der Waals surface area (Å²) in [6, 6.07) is 0. The van der Waals surface area contributed by atoms with Gasteiger partial charge >= 0.3 is 0 Å². The van der Waals surface area contributed by atoms with Crippen LogP contribution in [0.25, 0.3) is 0 Å².